The molecule has 3 rings (SSSR count). The number of unbranched alkanes of at least 4 members (excludes halogenated alkanes) is 1. The molecule has 2 aromatic rings. The van der Waals surface area contributed by atoms with Crippen LogP contribution in [-0.2, 0) is 6.54 Å². The van der Waals surface area contributed by atoms with E-state index < -0.39 is 0 Å². The Morgan fingerprint density at radius 3 is 2.86 bits per heavy atom. The van der Waals surface area contributed by atoms with Crippen molar-refractivity contribution in [2.24, 2.45) is 5.92 Å². The average molecular weight is 319 g/mol. The van der Waals surface area contributed by atoms with Crippen LogP contribution in [0.3, 0.4) is 0 Å². The minimum atomic E-state index is 0.506. The second-order valence-electron chi connectivity index (χ2n) is 6.17. The first-order valence-corrected chi connectivity index (χ1v) is 9.37. The molecule has 2 N–H and O–H groups in total. The summed E-state index contributed by atoms with van der Waals surface area (Å²) in [5.74, 6) is 2.29. The molecule has 1 saturated carbocycles. The van der Waals surface area contributed by atoms with E-state index in [1.165, 1.54) is 44.9 Å². The number of hydrogen-bond acceptors (Lipinski definition) is 5. The summed E-state index contributed by atoms with van der Waals surface area (Å²) in [6.45, 7) is 3.20. The Hall–Kier alpha value is -1.30. The summed E-state index contributed by atoms with van der Waals surface area (Å²) in [5.41, 5.74) is 7.71. The molecule has 22 heavy (non-hydrogen) atoms. The van der Waals surface area contributed by atoms with E-state index in [9.17, 15) is 0 Å². The zero-order valence-corrected chi connectivity index (χ0v) is 14.1. The summed E-state index contributed by atoms with van der Waals surface area (Å²) < 4.78 is 2.17. The van der Waals surface area contributed by atoms with E-state index in [-0.39, 0.29) is 0 Å². The highest BCUT2D eigenvalue weighted by Crippen LogP contribution is 2.27. The number of nitrogens with two attached hydrogens (primary N) is 1. The van der Waals surface area contributed by atoms with Gasteiger partial charge in [0.05, 0.1) is 6.33 Å². The van der Waals surface area contributed by atoms with Crippen LogP contribution in [0.4, 0.5) is 5.82 Å². The van der Waals surface area contributed by atoms with Crippen LogP contribution in [-0.4, -0.2) is 25.3 Å². The first kappa shape index (κ1) is 15.6. The molecule has 1 aliphatic rings. The van der Waals surface area contributed by atoms with E-state index in [4.69, 9.17) is 10.7 Å². The fourth-order valence-electron chi connectivity index (χ4n) is 3.10. The molecule has 1 fully saturated rings. The molecule has 1 aliphatic carbocycles. The molecular weight excluding hydrogens is 294 g/mol. The van der Waals surface area contributed by atoms with Crippen molar-refractivity contribution < 1.29 is 0 Å². The molecule has 120 valence electrons. The van der Waals surface area contributed by atoms with Gasteiger partial charge >= 0.3 is 0 Å². The predicted molar refractivity (Wildman–Crippen MR) is 91.9 cm³/mol. The fourth-order valence-corrected chi connectivity index (χ4v) is 4.03. The summed E-state index contributed by atoms with van der Waals surface area (Å²) in [5, 5.41) is 0.781. The van der Waals surface area contributed by atoms with Crippen LogP contribution >= 0.6 is 11.8 Å². The van der Waals surface area contributed by atoms with Gasteiger partial charge in [-0.05, 0) is 25.2 Å². The second-order valence-corrected chi connectivity index (χ2v) is 7.23. The molecule has 0 radical (unpaired) electrons. The van der Waals surface area contributed by atoms with Gasteiger partial charge in [-0.2, -0.15) is 0 Å². The van der Waals surface area contributed by atoms with Crippen LogP contribution in [0.2, 0.25) is 0 Å². The number of thioether (sulfide) groups is 1. The zero-order chi connectivity index (χ0) is 15.4. The maximum Gasteiger partial charge on any atom is 0.191 e. The van der Waals surface area contributed by atoms with Crippen LogP contribution in [0.1, 0.15) is 51.9 Å². The molecule has 0 aromatic carbocycles. The molecule has 5 nitrogen and oxygen atoms in total. The Morgan fingerprint density at radius 1 is 1.27 bits per heavy atom. The van der Waals surface area contributed by atoms with Gasteiger partial charge in [-0.3, -0.25) is 0 Å². The van der Waals surface area contributed by atoms with Crippen molar-refractivity contribution in [1.82, 2.24) is 19.5 Å². The van der Waals surface area contributed by atoms with Gasteiger partial charge < -0.3 is 10.3 Å². The van der Waals surface area contributed by atoms with Crippen molar-refractivity contribution in [3.63, 3.8) is 0 Å². The number of imidazole rings is 1. The number of hydrogen-bond donors (Lipinski definition) is 1. The number of nitrogen functional groups attached to an aromatic ring is 1. The average Bonchev–Trinajstić information content (AvgIpc) is 2.92. The maximum absolute atomic E-state index is 6.07. The standard InChI is InChI=1S/C16H25N5S/c1-2-3-9-22-16-19-14(17)13-15(20-16)21(11-18-13)10-12-7-5-4-6-8-12/h11-12H,2-10H2,1H3,(H2,17,19,20). The molecular formula is C16H25N5S. The van der Waals surface area contributed by atoms with Gasteiger partial charge in [0.2, 0.25) is 0 Å². The molecule has 0 aliphatic heterocycles. The van der Waals surface area contributed by atoms with Crippen molar-refractivity contribution in [2.45, 2.75) is 63.6 Å². The van der Waals surface area contributed by atoms with E-state index in [0.717, 1.165) is 34.5 Å². The van der Waals surface area contributed by atoms with Crippen LogP contribution in [0, 0.1) is 5.92 Å². The lowest BCUT2D eigenvalue weighted by molar-refractivity contribution is 0.321. The Morgan fingerprint density at radius 2 is 2.09 bits per heavy atom. The molecule has 0 unspecified atom stereocenters. The lowest BCUT2D eigenvalue weighted by Gasteiger charge is -2.21. The Bertz CT molecular complexity index is 618. The predicted octanol–water partition coefficient (Wildman–Crippen LogP) is 3.88. The van der Waals surface area contributed by atoms with Gasteiger partial charge in [-0.15, -0.1) is 0 Å². The number of aromatic nitrogens is 4. The molecule has 6 heteroatoms. The highest BCUT2D eigenvalue weighted by atomic mass is 32.2. The van der Waals surface area contributed by atoms with Gasteiger partial charge in [0.15, 0.2) is 16.6 Å². The van der Waals surface area contributed by atoms with E-state index in [1.54, 1.807) is 11.8 Å². The van der Waals surface area contributed by atoms with Crippen molar-refractivity contribution in [1.29, 1.82) is 0 Å². The van der Waals surface area contributed by atoms with E-state index in [1.807, 2.05) is 6.33 Å². The Kier molecular flexibility index (Phi) is 5.18. The van der Waals surface area contributed by atoms with Gasteiger partial charge in [0.1, 0.15) is 5.52 Å². The first-order chi connectivity index (χ1) is 10.8. The van der Waals surface area contributed by atoms with E-state index in [2.05, 4.69) is 21.5 Å². The third-order valence-electron chi connectivity index (χ3n) is 4.38. The molecule has 0 atom stereocenters. The topological polar surface area (TPSA) is 69.6 Å². The van der Waals surface area contributed by atoms with Crippen molar-refractivity contribution in [3.05, 3.63) is 6.33 Å². The molecule has 2 heterocycles. The van der Waals surface area contributed by atoms with Gasteiger partial charge in [-0.25, -0.2) is 15.0 Å². The highest BCUT2D eigenvalue weighted by molar-refractivity contribution is 7.99. The quantitative estimate of drug-likeness (QED) is 0.497. The monoisotopic (exact) mass is 319 g/mol. The molecule has 2 aromatic heterocycles. The highest BCUT2D eigenvalue weighted by Gasteiger charge is 2.17. The summed E-state index contributed by atoms with van der Waals surface area (Å²) in [4.78, 5) is 13.5. The van der Waals surface area contributed by atoms with Gasteiger partial charge in [-0.1, -0.05) is 44.4 Å². The van der Waals surface area contributed by atoms with E-state index >= 15 is 0 Å². The molecule has 0 bridgehead atoms. The largest absolute Gasteiger partial charge is 0.382 e. The number of nitrogens with zero attached hydrogens (tertiary/aromatic N) is 4. The fraction of sp³-hybridized carbons (Fsp3) is 0.688. The summed E-state index contributed by atoms with van der Waals surface area (Å²) in [6.07, 6.45) is 11.0. The zero-order valence-electron chi connectivity index (χ0n) is 13.3. The minimum absolute atomic E-state index is 0.506. The SMILES string of the molecule is CCCCSc1nc(N)c2ncn(CC3CCCCC3)c2n1. The minimum Gasteiger partial charge on any atom is -0.382 e. The first-order valence-electron chi connectivity index (χ1n) is 8.39. The Balaban J connectivity index is 1.80. The van der Waals surface area contributed by atoms with Gasteiger partial charge in [0, 0.05) is 12.3 Å². The third-order valence-corrected chi connectivity index (χ3v) is 5.31. The lowest BCUT2D eigenvalue weighted by Crippen LogP contribution is -2.14. The number of rotatable bonds is 6. The maximum atomic E-state index is 6.07. The number of fused-ring (bicyclic) bond motifs is 1. The molecule has 0 spiro atoms. The van der Waals surface area contributed by atoms with Crippen LogP contribution in [0.25, 0.3) is 11.2 Å². The van der Waals surface area contributed by atoms with Crippen LogP contribution in [0.5, 0.6) is 0 Å². The van der Waals surface area contributed by atoms with Crippen molar-refractivity contribution >= 4 is 28.7 Å². The number of anilines is 1. The molecule has 0 amide bonds. The van der Waals surface area contributed by atoms with E-state index in [0.29, 0.717) is 5.82 Å². The summed E-state index contributed by atoms with van der Waals surface area (Å²) in [6, 6.07) is 0. The van der Waals surface area contributed by atoms with Gasteiger partial charge in [0.25, 0.3) is 0 Å². The normalized spacial score (nSPS) is 16.4. The lowest BCUT2D eigenvalue weighted by atomic mass is 9.89. The summed E-state index contributed by atoms with van der Waals surface area (Å²) >= 11 is 1.69. The third kappa shape index (κ3) is 3.54. The second kappa shape index (κ2) is 7.31. The molecule has 0 saturated heterocycles. The van der Waals surface area contributed by atoms with Crippen LogP contribution < -0.4 is 5.73 Å². The van der Waals surface area contributed by atoms with Crippen LogP contribution in [0.15, 0.2) is 11.5 Å². The Labute approximate surface area is 136 Å². The van der Waals surface area contributed by atoms with Crippen molar-refractivity contribution in [3.8, 4) is 0 Å². The smallest absolute Gasteiger partial charge is 0.191 e. The summed E-state index contributed by atoms with van der Waals surface area (Å²) in [7, 11) is 0. The van der Waals surface area contributed by atoms with Crippen molar-refractivity contribution in [2.75, 3.05) is 11.5 Å².